The van der Waals surface area contributed by atoms with Gasteiger partial charge in [-0.15, -0.1) is 0 Å². The van der Waals surface area contributed by atoms with E-state index in [1.165, 1.54) is 37.1 Å². The summed E-state index contributed by atoms with van der Waals surface area (Å²) in [4.78, 5) is 23.5. The first-order chi connectivity index (χ1) is 14.1. The van der Waals surface area contributed by atoms with Crippen LogP contribution in [0.25, 0.3) is 11.1 Å². The zero-order chi connectivity index (χ0) is 20.2. The number of nitrogens with one attached hydrogen (secondary N) is 1. The first kappa shape index (κ1) is 19.1. The van der Waals surface area contributed by atoms with Crippen LogP contribution in [0.5, 0.6) is 0 Å². The highest BCUT2D eigenvalue weighted by molar-refractivity contribution is 6.03. The molecule has 4 rings (SSSR count). The third-order valence-electron chi connectivity index (χ3n) is 5.29. The van der Waals surface area contributed by atoms with Gasteiger partial charge in [0.2, 0.25) is 0 Å². The number of carbonyl (C=O) groups excluding carboxylic acids is 1. The zero-order valence-corrected chi connectivity index (χ0v) is 16.3. The third kappa shape index (κ3) is 4.59. The topological polar surface area (TPSA) is 58.1 Å². The number of hydrogen-bond acceptors (Lipinski definition) is 4. The van der Waals surface area contributed by atoms with Gasteiger partial charge in [0.05, 0.1) is 0 Å². The van der Waals surface area contributed by atoms with Crippen molar-refractivity contribution in [3.63, 3.8) is 0 Å². The normalized spacial score (nSPS) is 14.6. The van der Waals surface area contributed by atoms with E-state index in [0.29, 0.717) is 11.4 Å². The summed E-state index contributed by atoms with van der Waals surface area (Å²) in [6.07, 6.45) is 5.85. The molecular weight excluding hydrogens is 367 g/mol. The van der Waals surface area contributed by atoms with E-state index < -0.39 is 0 Å². The van der Waals surface area contributed by atoms with Gasteiger partial charge in [0.1, 0.15) is 17.5 Å². The number of benzene rings is 1. The quantitative estimate of drug-likeness (QED) is 0.697. The number of pyridine rings is 2. The molecule has 148 valence electrons. The number of amides is 1. The number of halogens is 1. The molecule has 5 nitrogen and oxygen atoms in total. The van der Waals surface area contributed by atoms with Crippen molar-refractivity contribution in [1.29, 1.82) is 0 Å². The number of piperidine rings is 1. The van der Waals surface area contributed by atoms with E-state index in [4.69, 9.17) is 0 Å². The molecule has 0 spiro atoms. The Morgan fingerprint density at radius 1 is 1.00 bits per heavy atom. The summed E-state index contributed by atoms with van der Waals surface area (Å²) in [7, 11) is 0. The Morgan fingerprint density at radius 2 is 1.66 bits per heavy atom. The highest BCUT2D eigenvalue weighted by atomic mass is 19.1. The van der Waals surface area contributed by atoms with Crippen LogP contribution in [0.15, 0.2) is 60.9 Å². The van der Waals surface area contributed by atoms with E-state index in [-0.39, 0.29) is 11.7 Å². The Hall–Kier alpha value is -3.28. The van der Waals surface area contributed by atoms with Crippen molar-refractivity contribution in [2.75, 3.05) is 23.3 Å². The van der Waals surface area contributed by atoms with E-state index in [2.05, 4.69) is 33.2 Å². The minimum atomic E-state index is -0.377. The molecule has 1 fully saturated rings. The van der Waals surface area contributed by atoms with Crippen LogP contribution in [0.1, 0.15) is 30.1 Å². The maximum atomic E-state index is 13.1. The largest absolute Gasteiger partial charge is 0.357 e. The summed E-state index contributed by atoms with van der Waals surface area (Å²) in [6, 6.07) is 13.2. The van der Waals surface area contributed by atoms with Crippen LogP contribution in [0, 0.1) is 11.7 Å². The van der Waals surface area contributed by atoms with Crippen molar-refractivity contribution in [2.45, 2.75) is 19.8 Å². The number of aromatic nitrogens is 2. The van der Waals surface area contributed by atoms with Gasteiger partial charge in [-0.2, -0.15) is 0 Å². The van der Waals surface area contributed by atoms with E-state index in [1.54, 1.807) is 6.20 Å². The van der Waals surface area contributed by atoms with E-state index in [1.807, 2.05) is 24.4 Å². The van der Waals surface area contributed by atoms with Gasteiger partial charge in [0, 0.05) is 31.0 Å². The van der Waals surface area contributed by atoms with E-state index in [0.717, 1.165) is 36.0 Å². The first-order valence-corrected chi connectivity index (χ1v) is 9.83. The lowest BCUT2D eigenvalue weighted by molar-refractivity contribution is 0.102. The second-order valence-electron chi connectivity index (χ2n) is 7.46. The second kappa shape index (κ2) is 8.39. The molecule has 0 aliphatic carbocycles. The molecule has 3 aromatic rings. The molecule has 3 heterocycles. The SMILES string of the molecule is CC1CCN(c2cc(-c3ccnc(NC(=O)c4ccc(F)cc4)c3)ccn2)CC1. The highest BCUT2D eigenvalue weighted by Crippen LogP contribution is 2.27. The van der Waals surface area contributed by atoms with E-state index in [9.17, 15) is 9.18 Å². The molecular formula is C23H23FN4O. The fraction of sp³-hybridized carbons (Fsp3) is 0.261. The standard InChI is InChI=1S/C23H23FN4O/c1-16-8-12-28(13-9-16)22-15-19(7-11-26-22)18-6-10-25-21(14-18)27-23(29)17-2-4-20(24)5-3-17/h2-7,10-11,14-16H,8-9,12-13H2,1H3,(H,25,27,29). The van der Waals surface area contributed by atoms with Crippen LogP contribution in [0.4, 0.5) is 16.0 Å². The minimum Gasteiger partial charge on any atom is -0.357 e. The van der Waals surface area contributed by atoms with E-state index >= 15 is 0 Å². The number of rotatable bonds is 4. The molecule has 1 aliphatic heterocycles. The molecule has 1 aromatic carbocycles. The molecule has 2 aromatic heterocycles. The summed E-state index contributed by atoms with van der Waals surface area (Å²) in [5.41, 5.74) is 2.35. The number of nitrogens with zero attached hydrogens (tertiary/aromatic N) is 3. The summed E-state index contributed by atoms with van der Waals surface area (Å²) < 4.78 is 13.1. The molecule has 0 radical (unpaired) electrons. The van der Waals surface area contributed by atoms with Gasteiger partial charge in [0.15, 0.2) is 0 Å². The molecule has 29 heavy (non-hydrogen) atoms. The summed E-state index contributed by atoms with van der Waals surface area (Å²) in [6.45, 7) is 4.33. The second-order valence-corrected chi connectivity index (χ2v) is 7.46. The number of carbonyl (C=O) groups is 1. The molecule has 1 N–H and O–H groups in total. The first-order valence-electron chi connectivity index (χ1n) is 9.83. The predicted molar refractivity (Wildman–Crippen MR) is 112 cm³/mol. The van der Waals surface area contributed by atoms with Crippen LogP contribution in [-0.2, 0) is 0 Å². The van der Waals surface area contributed by atoms with Gasteiger partial charge in [0.25, 0.3) is 5.91 Å². The third-order valence-corrected chi connectivity index (χ3v) is 5.29. The maximum absolute atomic E-state index is 13.1. The lowest BCUT2D eigenvalue weighted by Gasteiger charge is -2.31. The Bertz CT molecular complexity index is 998. The molecule has 1 amide bonds. The lowest BCUT2D eigenvalue weighted by atomic mass is 9.99. The van der Waals surface area contributed by atoms with Crippen molar-refractivity contribution in [3.05, 3.63) is 72.3 Å². The predicted octanol–water partition coefficient (Wildman–Crippen LogP) is 4.77. The van der Waals surface area contributed by atoms with Crippen LogP contribution < -0.4 is 10.2 Å². The summed E-state index contributed by atoms with van der Waals surface area (Å²) in [5.74, 6) is 1.48. The van der Waals surface area contributed by atoms with Gasteiger partial charge < -0.3 is 10.2 Å². The van der Waals surface area contributed by atoms with Gasteiger partial charge in [-0.25, -0.2) is 14.4 Å². The highest BCUT2D eigenvalue weighted by Gasteiger charge is 2.17. The summed E-state index contributed by atoms with van der Waals surface area (Å²) in [5, 5.41) is 2.77. The monoisotopic (exact) mass is 390 g/mol. The zero-order valence-electron chi connectivity index (χ0n) is 16.3. The van der Waals surface area contributed by atoms with Crippen molar-refractivity contribution in [2.24, 2.45) is 5.92 Å². The van der Waals surface area contributed by atoms with Crippen LogP contribution >= 0.6 is 0 Å². The molecule has 0 bridgehead atoms. The average molecular weight is 390 g/mol. The van der Waals surface area contributed by atoms with Gasteiger partial charge in [-0.3, -0.25) is 4.79 Å². The maximum Gasteiger partial charge on any atom is 0.256 e. The van der Waals surface area contributed by atoms with Crippen LogP contribution in [-0.4, -0.2) is 29.0 Å². The lowest BCUT2D eigenvalue weighted by Crippen LogP contribution is -2.33. The van der Waals surface area contributed by atoms with Gasteiger partial charge in [-0.05, 0) is 78.4 Å². The molecule has 0 saturated carbocycles. The Kier molecular flexibility index (Phi) is 5.51. The van der Waals surface area contributed by atoms with Crippen molar-refractivity contribution in [3.8, 4) is 11.1 Å². The van der Waals surface area contributed by atoms with Gasteiger partial charge >= 0.3 is 0 Å². The van der Waals surface area contributed by atoms with Crippen molar-refractivity contribution in [1.82, 2.24) is 9.97 Å². The summed E-state index contributed by atoms with van der Waals surface area (Å²) >= 11 is 0. The van der Waals surface area contributed by atoms with Crippen LogP contribution in [0.2, 0.25) is 0 Å². The minimum absolute atomic E-state index is 0.326. The smallest absolute Gasteiger partial charge is 0.256 e. The Morgan fingerprint density at radius 3 is 2.38 bits per heavy atom. The fourth-order valence-corrected chi connectivity index (χ4v) is 3.48. The Labute approximate surface area is 169 Å². The fourth-order valence-electron chi connectivity index (χ4n) is 3.48. The molecule has 0 atom stereocenters. The molecule has 6 heteroatoms. The van der Waals surface area contributed by atoms with Crippen molar-refractivity contribution < 1.29 is 9.18 Å². The Balaban J connectivity index is 1.52. The van der Waals surface area contributed by atoms with Crippen LogP contribution in [0.3, 0.4) is 0 Å². The average Bonchev–Trinajstić information content (AvgIpc) is 2.75. The molecule has 1 saturated heterocycles. The van der Waals surface area contributed by atoms with Gasteiger partial charge in [-0.1, -0.05) is 6.92 Å². The number of hydrogen-bond donors (Lipinski definition) is 1. The molecule has 1 aliphatic rings. The molecule has 0 unspecified atom stereocenters. The number of anilines is 2. The van der Waals surface area contributed by atoms with Crippen molar-refractivity contribution >= 4 is 17.5 Å².